The van der Waals surface area contributed by atoms with Gasteiger partial charge in [-0.25, -0.2) is 0 Å². The number of benzene rings is 1. The highest BCUT2D eigenvalue weighted by Gasteiger charge is 1.91. The molecule has 1 rings (SSSR count). The van der Waals surface area contributed by atoms with Crippen molar-refractivity contribution in [3.8, 4) is 5.75 Å². The van der Waals surface area contributed by atoms with Crippen LogP contribution in [0.15, 0.2) is 29.4 Å². The quantitative estimate of drug-likeness (QED) is 0.443. The van der Waals surface area contributed by atoms with Crippen LogP contribution in [0.1, 0.15) is 40.0 Å². The van der Waals surface area contributed by atoms with Gasteiger partial charge in [0.05, 0.1) is 12.3 Å². The molecule has 0 unspecified atom stereocenters. The van der Waals surface area contributed by atoms with Gasteiger partial charge >= 0.3 is 0 Å². The molecule has 5 heteroatoms. The van der Waals surface area contributed by atoms with Gasteiger partial charge in [-0.3, -0.25) is 0 Å². The van der Waals surface area contributed by atoms with E-state index in [9.17, 15) is 0 Å². The minimum absolute atomic E-state index is 0.517. The highest BCUT2D eigenvalue weighted by molar-refractivity contribution is 6.30. The maximum absolute atomic E-state index is 5.70. The topological polar surface area (TPSA) is 56.8 Å². The molecule has 0 heterocycles. The summed E-state index contributed by atoms with van der Waals surface area (Å²) < 4.78 is 5.20. The molecule has 0 amide bonds. The second-order valence-corrected chi connectivity index (χ2v) is 4.88. The SMILES string of the molecule is CCCCC(C)=NOCCN.CCOc1cccc(Cl)c1. The summed E-state index contributed by atoms with van der Waals surface area (Å²) in [7, 11) is 0. The number of oxime groups is 1. The minimum Gasteiger partial charge on any atom is -0.494 e. The van der Waals surface area contributed by atoms with Gasteiger partial charge in [-0.15, -0.1) is 0 Å². The van der Waals surface area contributed by atoms with Crippen molar-refractivity contribution in [2.24, 2.45) is 10.9 Å². The predicted molar refractivity (Wildman–Crippen MR) is 90.3 cm³/mol. The molecule has 0 aromatic heterocycles. The van der Waals surface area contributed by atoms with E-state index in [2.05, 4.69) is 12.1 Å². The highest BCUT2D eigenvalue weighted by Crippen LogP contribution is 2.16. The Hall–Kier alpha value is -1.26. The van der Waals surface area contributed by atoms with Gasteiger partial charge in [0, 0.05) is 11.6 Å². The lowest BCUT2D eigenvalue weighted by molar-refractivity contribution is 0.151. The fourth-order valence-corrected chi connectivity index (χ4v) is 1.59. The zero-order valence-corrected chi connectivity index (χ0v) is 14.0. The number of nitrogens with two attached hydrogens (primary N) is 1. The van der Waals surface area contributed by atoms with Crippen molar-refractivity contribution in [3.05, 3.63) is 29.3 Å². The zero-order chi connectivity index (χ0) is 15.9. The Bertz CT molecular complexity index is 398. The minimum atomic E-state index is 0.517. The number of ether oxygens (including phenoxy) is 1. The third kappa shape index (κ3) is 12.2. The highest BCUT2D eigenvalue weighted by atomic mass is 35.5. The van der Waals surface area contributed by atoms with E-state index in [-0.39, 0.29) is 0 Å². The van der Waals surface area contributed by atoms with Crippen LogP contribution >= 0.6 is 11.6 Å². The largest absolute Gasteiger partial charge is 0.494 e. The average molecular weight is 315 g/mol. The molecule has 0 aliphatic heterocycles. The lowest BCUT2D eigenvalue weighted by Crippen LogP contribution is -2.06. The monoisotopic (exact) mass is 314 g/mol. The Morgan fingerprint density at radius 3 is 2.67 bits per heavy atom. The van der Waals surface area contributed by atoms with Crippen molar-refractivity contribution in [3.63, 3.8) is 0 Å². The van der Waals surface area contributed by atoms with Gasteiger partial charge in [0.1, 0.15) is 12.4 Å². The second kappa shape index (κ2) is 13.7. The molecular formula is C16H27ClN2O2. The van der Waals surface area contributed by atoms with Crippen LogP contribution in [0.2, 0.25) is 5.02 Å². The molecule has 21 heavy (non-hydrogen) atoms. The molecule has 0 saturated heterocycles. The number of rotatable bonds is 8. The molecule has 1 aromatic rings. The van der Waals surface area contributed by atoms with Gasteiger partial charge in [0.25, 0.3) is 0 Å². The predicted octanol–water partition coefficient (Wildman–Crippen LogP) is 4.27. The molecule has 0 spiro atoms. The summed E-state index contributed by atoms with van der Waals surface area (Å²) in [6.45, 7) is 7.81. The fourth-order valence-electron chi connectivity index (χ4n) is 1.41. The first-order valence-electron chi connectivity index (χ1n) is 7.37. The van der Waals surface area contributed by atoms with Crippen molar-refractivity contribution in [2.45, 2.75) is 40.0 Å². The van der Waals surface area contributed by atoms with Gasteiger partial charge in [-0.1, -0.05) is 36.2 Å². The summed E-state index contributed by atoms with van der Waals surface area (Å²) in [4.78, 5) is 4.90. The lowest BCUT2D eigenvalue weighted by Gasteiger charge is -2.00. The van der Waals surface area contributed by atoms with Crippen molar-refractivity contribution in [2.75, 3.05) is 19.8 Å². The van der Waals surface area contributed by atoms with Gasteiger partial charge in [0.15, 0.2) is 0 Å². The standard InChI is InChI=1S/C8H9ClO.C8H18N2O/c1-2-10-8-5-3-4-7(9)6-8;1-3-4-5-8(2)10-11-7-6-9/h3-6H,2H2,1H3;3-7,9H2,1-2H3. The number of nitrogens with zero attached hydrogens (tertiary/aromatic N) is 1. The third-order valence-electron chi connectivity index (χ3n) is 2.43. The number of hydrogen-bond donors (Lipinski definition) is 1. The van der Waals surface area contributed by atoms with Crippen LogP contribution < -0.4 is 10.5 Å². The van der Waals surface area contributed by atoms with Crippen molar-refractivity contribution >= 4 is 17.3 Å². The van der Waals surface area contributed by atoms with E-state index in [1.165, 1.54) is 12.8 Å². The molecule has 0 fully saturated rings. The lowest BCUT2D eigenvalue weighted by atomic mass is 10.2. The van der Waals surface area contributed by atoms with Crippen LogP contribution in [-0.4, -0.2) is 25.5 Å². The first kappa shape index (κ1) is 19.7. The van der Waals surface area contributed by atoms with Crippen LogP contribution in [0.3, 0.4) is 0 Å². The molecule has 4 nitrogen and oxygen atoms in total. The maximum Gasteiger partial charge on any atom is 0.129 e. The molecule has 120 valence electrons. The smallest absolute Gasteiger partial charge is 0.129 e. The Kier molecular flexibility index (Phi) is 12.9. The van der Waals surface area contributed by atoms with E-state index >= 15 is 0 Å². The van der Waals surface area contributed by atoms with Gasteiger partial charge < -0.3 is 15.3 Å². The van der Waals surface area contributed by atoms with Gasteiger partial charge in [-0.2, -0.15) is 0 Å². The van der Waals surface area contributed by atoms with Crippen molar-refractivity contribution in [1.29, 1.82) is 0 Å². The average Bonchev–Trinajstić information content (AvgIpc) is 2.46. The molecule has 2 N–H and O–H groups in total. The van der Waals surface area contributed by atoms with E-state index in [1.54, 1.807) is 6.07 Å². The molecule has 0 bridgehead atoms. The molecule has 0 radical (unpaired) electrons. The maximum atomic E-state index is 5.70. The second-order valence-electron chi connectivity index (χ2n) is 4.44. The summed E-state index contributed by atoms with van der Waals surface area (Å²) in [6.07, 6.45) is 3.41. The molecule has 1 aromatic carbocycles. The summed E-state index contributed by atoms with van der Waals surface area (Å²) in [5.74, 6) is 0.829. The number of halogens is 1. The van der Waals surface area contributed by atoms with E-state index in [1.807, 2.05) is 32.0 Å². The van der Waals surface area contributed by atoms with Crippen molar-refractivity contribution < 1.29 is 9.57 Å². The summed E-state index contributed by atoms with van der Waals surface area (Å²) in [5, 5.41) is 4.60. The number of unbranched alkanes of at least 4 members (excludes halogenated alkanes) is 1. The molecule has 0 aliphatic carbocycles. The van der Waals surface area contributed by atoms with Crippen LogP contribution in [0.4, 0.5) is 0 Å². The van der Waals surface area contributed by atoms with Gasteiger partial charge in [-0.05, 0) is 44.9 Å². The normalized spacial score (nSPS) is 10.6. The van der Waals surface area contributed by atoms with E-state index in [0.717, 1.165) is 17.9 Å². The van der Waals surface area contributed by atoms with E-state index < -0.39 is 0 Å². The number of hydrogen-bond acceptors (Lipinski definition) is 4. The van der Waals surface area contributed by atoms with Crippen LogP contribution in [0, 0.1) is 0 Å². The van der Waals surface area contributed by atoms with Crippen LogP contribution in [0.5, 0.6) is 5.75 Å². The molecule has 0 atom stereocenters. The van der Waals surface area contributed by atoms with Crippen LogP contribution in [-0.2, 0) is 4.84 Å². The van der Waals surface area contributed by atoms with Crippen molar-refractivity contribution in [1.82, 2.24) is 0 Å². The Labute approximate surface area is 133 Å². The Balaban J connectivity index is 0.000000382. The first-order valence-corrected chi connectivity index (χ1v) is 7.75. The third-order valence-corrected chi connectivity index (χ3v) is 2.66. The Morgan fingerprint density at radius 2 is 2.10 bits per heavy atom. The molecule has 0 aliphatic rings. The fraction of sp³-hybridized carbons (Fsp3) is 0.562. The van der Waals surface area contributed by atoms with Gasteiger partial charge in [0.2, 0.25) is 0 Å². The zero-order valence-electron chi connectivity index (χ0n) is 13.3. The van der Waals surface area contributed by atoms with E-state index in [4.69, 9.17) is 26.9 Å². The molecule has 0 saturated carbocycles. The summed E-state index contributed by atoms with van der Waals surface area (Å²) in [5.41, 5.74) is 6.28. The Morgan fingerprint density at radius 1 is 1.33 bits per heavy atom. The molecular weight excluding hydrogens is 288 g/mol. The van der Waals surface area contributed by atoms with E-state index in [0.29, 0.717) is 24.8 Å². The first-order chi connectivity index (χ1) is 10.1. The summed E-state index contributed by atoms with van der Waals surface area (Å²) in [6, 6.07) is 7.37. The van der Waals surface area contributed by atoms with Crippen LogP contribution in [0.25, 0.3) is 0 Å². The summed E-state index contributed by atoms with van der Waals surface area (Å²) >= 11 is 5.70.